The first-order valence-corrected chi connectivity index (χ1v) is 8.19. The number of nitrogen functional groups attached to an aromatic ring is 1. The monoisotopic (exact) mass is 354 g/mol. The van der Waals surface area contributed by atoms with E-state index in [0.29, 0.717) is 24.3 Å². The SMILES string of the molecule is CCN(CC)C(=O)c1cccc(-n2c(N)c3c(cc2=O)C(=O)NC3=O)c1. The summed E-state index contributed by atoms with van der Waals surface area (Å²) in [5, 5.41) is 2.12. The Morgan fingerprint density at radius 1 is 1.12 bits per heavy atom. The van der Waals surface area contributed by atoms with Crippen LogP contribution in [-0.2, 0) is 0 Å². The van der Waals surface area contributed by atoms with E-state index in [1.165, 1.54) is 0 Å². The number of benzene rings is 1. The van der Waals surface area contributed by atoms with E-state index in [9.17, 15) is 19.2 Å². The molecule has 0 aliphatic carbocycles. The van der Waals surface area contributed by atoms with E-state index in [0.717, 1.165) is 10.6 Å². The molecule has 0 atom stereocenters. The molecule has 1 aliphatic heterocycles. The zero-order valence-corrected chi connectivity index (χ0v) is 14.4. The number of carbonyl (C=O) groups is 3. The van der Waals surface area contributed by atoms with E-state index in [-0.39, 0.29) is 22.9 Å². The van der Waals surface area contributed by atoms with Gasteiger partial charge in [0, 0.05) is 24.7 Å². The lowest BCUT2D eigenvalue weighted by atomic mass is 10.1. The molecule has 134 valence electrons. The Morgan fingerprint density at radius 2 is 1.81 bits per heavy atom. The first-order valence-electron chi connectivity index (χ1n) is 8.19. The lowest BCUT2D eigenvalue weighted by Gasteiger charge is -2.19. The molecule has 3 rings (SSSR count). The topological polar surface area (TPSA) is 114 Å². The summed E-state index contributed by atoms with van der Waals surface area (Å²) in [6.45, 7) is 4.87. The van der Waals surface area contributed by atoms with Crippen molar-refractivity contribution in [1.82, 2.24) is 14.8 Å². The van der Waals surface area contributed by atoms with E-state index in [1.807, 2.05) is 13.8 Å². The van der Waals surface area contributed by atoms with Crippen molar-refractivity contribution in [3.05, 3.63) is 57.4 Å². The second kappa shape index (κ2) is 6.47. The van der Waals surface area contributed by atoms with Crippen LogP contribution >= 0.6 is 0 Å². The van der Waals surface area contributed by atoms with E-state index >= 15 is 0 Å². The molecule has 1 aliphatic rings. The van der Waals surface area contributed by atoms with Gasteiger partial charge in [0.25, 0.3) is 23.3 Å². The van der Waals surface area contributed by atoms with E-state index in [4.69, 9.17) is 5.73 Å². The number of amides is 3. The van der Waals surface area contributed by atoms with Crippen LogP contribution in [0.25, 0.3) is 5.69 Å². The number of aromatic nitrogens is 1. The molecule has 0 unspecified atom stereocenters. The van der Waals surface area contributed by atoms with E-state index < -0.39 is 17.4 Å². The quantitative estimate of drug-likeness (QED) is 0.788. The van der Waals surface area contributed by atoms with Gasteiger partial charge in [-0.15, -0.1) is 0 Å². The van der Waals surface area contributed by atoms with Gasteiger partial charge in [0.15, 0.2) is 0 Å². The fourth-order valence-electron chi connectivity index (χ4n) is 3.02. The summed E-state index contributed by atoms with van der Waals surface area (Å²) in [4.78, 5) is 50.3. The van der Waals surface area contributed by atoms with Gasteiger partial charge in [-0.25, -0.2) is 0 Å². The molecule has 26 heavy (non-hydrogen) atoms. The Morgan fingerprint density at radius 3 is 2.46 bits per heavy atom. The summed E-state index contributed by atoms with van der Waals surface area (Å²) in [5.41, 5.74) is 6.14. The minimum Gasteiger partial charge on any atom is -0.384 e. The average Bonchev–Trinajstić information content (AvgIpc) is 2.90. The fourth-order valence-corrected chi connectivity index (χ4v) is 3.02. The van der Waals surface area contributed by atoms with Crippen LogP contribution < -0.4 is 16.6 Å². The smallest absolute Gasteiger partial charge is 0.262 e. The molecule has 0 bridgehead atoms. The lowest BCUT2D eigenvalue weighted by molar-refractivity contribution is 0.0771. The molecule has 2 aromatic rings. The summed E-state index contributed by atoms with van der Waals surface area (Å²) in [6, 6.07) is 7.51. The zero-order chi connectivity index (χ0) is 19.0. The maximum Gasteiger partial charge on any atom is 0.262 e. The largest absolute Gasteiger partial charge is 0.384 e. The van der Waals surface area contributed by atoms with Crippen molar-refractivity contribution in [2.45, 2.75) is 13.8 Å². The third-order valence-electron chi connectivity index (χ3n) is 4.36. The third kappa shape index (κ3) is 2.65. The summed E-state index contributed by atoms with van der Waals surface area (Å²) in [7, 11) is 0. The van der Waals surface area contributed by atoms with Crippen molar-refractivity contribution in [3.63, 3.8) is 0 Å². The second-order valence-corrected chi connectivity index (χ2v) is 5.80. The Bertz CT molecular complexity index is 989. The number of anilines is 1. The highest BCUT2D eigenvalue weighted by atomic mass is 16.2. The van der Waals surface area contributed by atoms with Crippen molar-refractivity contribution >= 4 is 23.5 Å². The van der Waals surface area contributed by atoms with Crippen LogP contribution in [0.2, 0.25) is 0 Å². The Hall–Kier alpha value is -3.42. The van der Waals surface area contributed by atoms with Gasteiger partial charge in [0.1, 0.15) is 5.82 Å². The summed E-state index contributed by atoms with van der Waals surface area (Å²) in [6.07, 6.45) is 0. The molecule has 0 saturated heterocycles. The highest BCUT2D eigenvalue weighted by Crippen LogP contribution is 2.23. The van der Waals surface area contributed by atoms with Gasteiger partial charge in [-0.3, -0.25) is 29.1 Å². The molecule has 1 aromatic heterocycles. The minimum atomic E-state index is -0.647. The molecule has 0 fully saturated rings. The van der Waals surface area contributed by atoms with Crippen molar-refractivity contribution in [2.24, 2.45) is 0 Å². The average molecular weight is 354 g/mol. The minimum absolute atomic E-state index is 0.0323. The molecule has 0 spiro atoms. The molecular formula is C18H18N4O4. The normalized spacial score (nSPS) is 12.7. The first kappa shape index (κ1) is 17.4. The molecule has 8 nitrogen and oxygen atoms in total. The van der Waals surface area contributed by atoms with Crippen LogP contribution in [0.15, 0.2) is 35.1 Å². The maximum atomic E-state index is 12.5. The van der Waals surface area contributed by atoms with Crippen LogP contribution in [0.5, 0.6) is 0 Å². The highest BCUT2D eigenvalue weighted by Gasteiger charge is 2.31. The van der Waals surface area contributed by atoms with Crippen LogP contribution in [0, 0.1) is 0 Å². The second-order valence-electron chi connectivity index (χ2n) is 5.80. The predicted octanol–water partition coefficient (Wildman–Crippen LogP) is 0.785. The molecule has 0 saturated carbocycles. The van der Waals surface area contributed by atoms with Gasteiger partial charge in [-0.2, -0.15) is 0 Å². The van der Waals surface area contributed by atoms with E-state index in [2.05, 4.69) is 5.32 Å². The lowest BCUT2D eigenvalue weighted by Crippen LogP contribution is -2.30. The number of pyridine rings is 1. The molecule has 3 amide bonds. The van der Waals surface area contributed by atoms with Crippen LogP contribution in [0.3, 0.4) is 0 Å². The van der Waals surface area contributed by atoms with Gasteiger partial charge in [-0.05, 0) is 32.0 Å². The van der Waals surface area contributed by atoms with Gasteiger partial charge >= 0.3 is 0 Å². The zero-order valence-electron chi connectivity index (χ0n) is 14.4. The molecule has 3 N–H and O–H groups in total. The molecule has 2 heterocycles. The Kier molecular flexibility index (Phi) is 4.33. The number of nitrogens with zero attached hydrogens (tertiary/aromatic N) is 2. The predicted molar refractivity (Wildman–Crippen MR) is 95.5 cm³/mol. The van der Waals surface area contributed by atoms with E-state index in [1.54, 1.807) is 29.2 Å². The number of hydrogen-bond donors (Lipinski definition) is 2. The fraction of sp³-hybridized carbons (Fsp3) is 0.222. The van der Waals surface area contributed by atoms with Crippen LogP contribution in [0.4, 0.5) is 5.82 Å². The van der Waals surface area contributed by atoms with Crippen molar-refractivity contribution < 1.29 is 14.4 Å². The first-order chi connectivity index (χ1) is 12.4. The molecule has 1 aromatic carbocycles. The van der Waals surface area contributed by atoms with Crippen molar-refractivity contribution in [2.75, 3.05) is 18.8 Å². The maximum absolute atomic E-state index is 12.5. The number of hydrogen-bond acceptors (Lipinski definition) is 5. The molecule has 8 heteroatoms. The van der Waals surface area contributed by atoms with Crippen LogP contribution in [0.1, 0.15) is 44.9 Å². The van der Waals surface area contributed by atoms with Crippen LogP contribution in [-0.4, -0.2) is 40.3 Å². The number of imide groups is 1. The number of rotatable bonds is 4. The van der Waals surface area contributed by atoms with Crippen molar-refractivity contribution in [1.29, 1.82) is 0 Å². The summed E-state index contributed by atoms with van der Waals surface area (Å²) >= 11 is 0. The van der Waals surface area contributed by atoms with Gasteiger partial charge in [0.05, 0.1) is 16.8 Å². The Labute approximate surface area is 149 Å². The number of fused-ring (bicyclic) bond motifs is 1. The third-order valence-corrected chi connectivity index (χ3v) is 4.36. The number of carbonyl (C=O) groups excluding carboxylic acids is 3. The summed E-state index contributed by atoms with van der Waals surface area (Å²) < 4.78 is 1.12. The molecule has 0 radical (unpaired) electrons. The van der Waals surface area contributed by atoms with Gasteiger partial charge in [0.2, 0.25) is 0 Å². The van der Waals surface area contributed by atoms with Gasteiger partial charge in [-0.1, -0.05) is 6.07 Å². The molecular weight excluding hydrogens is 336 g/mol. The Balaban J connectivity index is 2.15. The summed E-state index contributed by atoms with van der Waals surface area (Å²) in [5.74, 6) is -1.60. The van der Waals surface area contributed by atoms with Crippen molar-refractivity contribution in [3.8, 4) is 5.69 Å². The number of nitrogens with one attached hydrogen (secondary N) is 1. The van der Waals surface area contributed by atoms with Gasteiger partial charge < -0.3 is 10.6 Å². The number of nitrogens with two attached hydrogens (primary N) is 1. The highest BCUT2D eigenvalue weighted by molar-refractivity contribution is 6.23. The standard InChI is InChI=1S/C18H18N4O4/c1-3-21(4-2)18(26)10-6-5-7-11(8-10)22-13(23)9-12-14(15(22)19)17(25)20-16(12)24/h5-9H,3-4,19H2,1-2H3,(H,20,24,25).